The molecule has 0 saturated heterocycles. The Balaban J connectivity index is 1.75. The summed E-state index contributed by atoms with van der Waals surface area (Å²) in [6.07, 6.45) is -10.1. The van der Waals surface area contributed by atoms with Gasteiger partial charge in [0.05, 0.1) is 11.2 Å². The van der Waals surface area contributed by atoms with Crippen molar-refractivity contribution in [3.05, 3.63) is 72.8 Å². The quantitative estimate of drug-likeness (QED) is 0.336. The van der Waals surface area contributed by atoms with Crippen molar-refractivity contribution in [3.8, 4) is 22.6 Å². The molecule has 1 heterocycles. The summed E-state index contributed by atoms with van der Waals surface area (Å²) in [4.78, 5) is 31.4. The number of carbonyl (C=O) groups is 2. The smallest absolute Gasteiger partial charge is 0.318 e. The lowest BCUT2D eigenvalue weighted by atomic mass is 10.0. The summed E-state index contributed by atoms with van der Waals surface area (Å²) < 4.78 is 75.5. The van der Waals surface area contributed by atoms with E-state index < -0.39 is 24.2 Å². The number of hydrogen-bond donors (Lipinski definition) is 2. The van der Waals surface area contributed by atoms with E-state index in [4.69, 9.17) is 0 Å². The van der Waals surface area contributed by atoms with Gasteiger partial charge in [0, 0.05) is 27.9 Å². The van der Waals surface area contributed by atoms with Crippen LogP contribution in [-0.4, -0.2) is 34.1 Å². The van der Waals surface area contributed by atoms with E-state index in [9.17, 15) is 35.9 Å². The van der Waals surface area contributed by atoms with Gasteiger partial charge < -0.3 is 10.6 Å². The Morgan fingerprint density at radius 1 is 0.639 bits per heavy atom. The number of fused-ring (bicyclic) bond motifs is 1. The van der Waals surface area contributed by atoms with E-state index in [0.717, 1.165) is 0 Å². The predicted octanol–water partition coefficient (Wildman–Crippen LogP) is 5.97. The second-order valence-corrected chi connectivity index (χ2v) is 7.47. The van der Waals surface area contributed by atoms with Crippen LogP contribution in [0.5, 0.6) is 0 Å². The van der Waals surface area contributed by atoms with Crippen LogP contribution in [0.2, 0.25) is 0 Å². The average molecular weight is 504 g/mol. The highest BCUT2D eigenvalue weighted by atomic mass is 19.4. The van der Waals surface area contributed by atoms with Gasteiger partial charge in [-0.15, -0.1) is 0 Å². The third-order valence-corrected chi connectivity index (χ3v) is 4.92. The van der Waals surface area contributed by atoms with Crippen LogP contribution in [0, 0.1) is 0 Å². The summed E-state index contributed by atoms with van der Waals surface area (Å²) in [5, 5.41) is 3.90. The molecule has 0 aliphatic carbocycles. The van der Waals surface area contributed by atoms with Crippen LogP contribution in [0.25, 0.3) is 33.5 Å². The van der Waals surface area contributed by atoms with Crippen molar-refractivity contribution < 1.29 is 35.9 Å². The molecule has 12 heteroatoms. The molecule has 184 valence electrons. The largest absolute Gasteiger partial charge is 0.471 e. The second-order valence-electron chi connectivity index (χ2n) is 7.47. The molecule has 4 rings (SSSR count). The van der Waals surface area contributed by atoms with Gasteiger partial charge >= 0.3 is 24.2 Å². The molecular formula is C24H14F6N4O2. The third-order valence-electron chi connectivity index (χ3n) is 4.92. The van der Waals surface area contributed by atoms with Gasteiger partial charge in [-0.2, -0.15) is 26.3 Å². The summed E-state index contributed by atoms with van der Waals surface area (Å²) >= 11 is 0. The van der Waals surface area contributed by atoms with E-state index in [0.29, 0.717) is 27.7 Å². The molecule has 36 heavy (non-hydrogen) atoms. The lowest BCUT2D eigenvalue weighted by molar-refractivity contribution is -0.167. The van der Waals surface area contributed by atoms with Crippen LogP contribution >= 0.6 is 0 Å². The van der Waals surface area contributed by atoms with E-state index in [1.165, 1.54) is 42.5 Å². The van der Waals surface area contributed by atoms with Crippen LogP contribution in [0.3, 0.4) is 0 Å². The fraction of sp³-hybridized carbons (Fsp3) is 0.0833. The normalized spacial score (nSPS) is 11.8. The number of carbonyl (C=O) groups excluding carboxylic acids is 2. The first-order valence-corrected chi connectivity index (χ1v) is 10.2. The number of rotatable bonds is 4. The number of amides is 2. The number of aromatic nitrogens is 2. The minimum atomic E-state index is -5.07. The SMILES string of the molecule is O=C(Nc1ccc(-c2nc(-c3ccccc3)c3cc(NC(=O)C(F)(F)F)ccc3n2)cc1)C(F)(F)F. The van der Waals surface area contributed by atoms with Gasteiger partial charge in [0.2, 0.25) is 0 Å². The number of nitrogens with zero attached hydrogens (tertiary/aromatic N) is 2. The molecule has 0 atom stereocenters. The maximum atomic E-state index is 12.7. The molecule has 0 radical (unpaired) electrons. The molecule has 0 fully saturated rings. The molecule has 2 N–H and O–H groups in total. The molecule has 0 unspecified atom stereocenters. The van der Waals surface area contributed by atoms with Gasteiger partial charge in [0.15, 0.2) is 5.82 Å². The molecule has 0 saturated carbocycles. The maximum absolute atomic E-state index is 12.7. The lowest BCUT2D eigenvalue weighted by Gasteiger charge is -2.13. The van der Waals surface area contributed by atoms with Gasteiger partial charge in [-0.25, -0.2) is 9.97 Å². The topological polar surface area (TPSA) is 84.0 Å². The zero-order chi connectivity index (χ0) is 26.1. The monoisotopic (exact) mass is 504 g/mol. The van der Waals surface area contributed by atoms with E-state index in [2.05, 4.69) is 9.97 Å². The van der Waals surface area contributed by atoms with Crippen LogP contribution in [-0.2, 0) is 9.59 Å². The summed E-state index contributed by atoms with van der Waals surface area (Å²) in [6, 6.07) is 18.0. The number of hydrogen-bond acceptors (Lipinski definition) is 4. The van der Waals surface area contributed by atoms with E-state index in [1.807, 2.05) is 0 Å². The second kappa shape index (κ2) is 9.29. The molecular weight excluding hydrogens is 490 g/mol. The zero-order valence-electron chi connectivity index (χ0n) is 17.9. The number of halogens is 6. The Hall–Kier alpha value is -4.48. The van der Waals surface area contributed by atoms with Crippen LogP contribution < -0.4 is 10.6 Å². The van der Waals surface area contributed by atoms with Crippen LogP contribution in [0.1, 0.15) is 0 Å². The highest BCUT2D eigenvalue weighted by Gasteiger charge is 2.39. The van der Waals surface area contributed by atoms with Crippen molar-refractivity contribution >= 4 is 34.1 Å². The average Bonchev–Trinajstić information content (AvgIpc) is 2.83. The summed E-state index contributed by atoms with van der Waals surface area (Å²) in [5.41, 5.74) is 1.53. The molecule has 0 spiro atoms. The van der Waals surface area contributed by atoms with Crippen LogP contribution in [0.15, 0.2) is 72.8 Å². The van der Waals surface area contributed by atoms with Crippen LogP contribution in [0.4, 0.5) is 37.7 Å². The van der Waals surface area contributed by atoms with Gasteiger partial charge in [-0.05, 0) is 42.5 Å². The molecule has 4 aromatic rings. The Morgan fingerprint density at radius 3 is 1.78 bits per heavy atom. The standard InChI is InChI=1S/C24H14F6N4O2/c25-23(26,27)21(35)31-15-8-6-14(7-9-15)20-33-18-11-10-16(32-22(36)24(28,29)30)12-17(18)19(34-20)13-4-2-1-3-5-13/h1-12H,(H,31,35)(H,32,36). The summed E-state index contributed by atoms with van der Waals surface area (Å²) in [6.45, 7) is 0. The minimum absolute atomic E-state index is 0.0878. The lowest BCUT2D eigenvalue weighted by Crippen LogP contribution is -2.29. The van der Waals surface area contributed by atoms with Gasteiger partial charge in [0.1, 0.15) is 0 Å². The summed E-state index contributed by atoms with van der Waals surface area (Å²) in [7, 11) is 0. The van der Waals surface area contributed by atoms with Crippen molar-refractivity contribution in [2.24, 2.45) is 0 Å². The maximum Gasteiger partial charge on any atom is 0.471 e. The fourth-order valence-electron chi connectivity index (χ4n) is 3.26. The van der Waals surface area contributed by atoms with Gasteiger partial charge in [-0.1, -0.05) is 30.3 Å². The first-order chi connectivity index (χ1) is 16.9. The molecule has 0 aliphatic heterocycles. The fourth-order valence-corrected chi connectivity index (χ4v) is 3.26. The van der Waals surface area contributed by atoms with Gasteiger partial charge in [-0.3, -0.25) is 9.59 Å². The Kier molecular flexibility index (Phi) is 6.35. The van der Waals surface area contributed by atoms with Crippen molar-refractivity contribution in [2.75, 3.05) is 10.6 Å². The zero-order valence-corrected chi connectivity index (χ0v) is 17.9. The number of alkyl halides is 6. The van der Waals surface area contributed by atoms with Crippen molar-refractivity contribution in [1.29, 1.82) is 0 Å². The van der Waals surface area contributed by atoms with Crippen molar-refractivity contribution in [3.63, 3.8) is 0 Å². The first-order valence-electron chi connectivity index (χ1n) is 10.2. The molecule has 0 bridgehead atoms. The number of benzene rings is 3. The molecule has 0 aliphatic rings. The minimum Gasteiger partial charge on any atom is -0.318 e. The molecule has 1 aromatic heterocycles. The Bertz CT molecular complexity index is 1440. The highest BCUT2D eigenvalue weighted by Crippen LogP contribution is 2.32. The van der Waals surface area contributed by atoms with E-state index >= 15 is 0 Å². The summed E-state index contributed by atoms with van der Waals surface area (Å²) in [5.74, 6) is -4.06. The predicted molar refractivity (Wildman–Crippen MR) is 120 cm³/mol. The van der Waals surface area contributed by atoms with Crippen molar-refractivity contribution in [2.45, 2.75) is 12.4 Å². The van der Waals surface area contributed by atoms with E-state index in [-0.39, 0.29) is 17.2 Å². The van der Waals surface area contributed by atoms with Crippen molar-refractivity contribution in [1.82, 2.24) is 9.97 Å². The Morgan fingerprint density at radius 2 is 1.19 bits per heavy atom. The van der Waals surface area contributed by atoms with Gasteiger partial charge in [0.25, 0.3) is 0 Å². The van der Waals surface area contributed by atoms with E-state index in [1.54, 1.807) is 41.0 Å². The number of nitrogens with one attached hydrogen (secondary N) is 2. The Labute approximate surface area is 199 Å². The molecule has 3 aromatic carbocycles. The molecule has 6 nitrogen and oxygen atoms in total. The molecule has 2 amide bonds. The first kappa shape index (κ1) is 24.6. The number of anilines is 2. The third kappa shape index (κ3) is 5.43. The highest BCUT2D eigenvalue weighted by molar-refractivity contribution is 6.00.